The van der Waals surface area contributed by atoms with Crippen LogP contribution in [-0.2, 0) is 11.8 Å². The lowest BCUT2D eigenvalue weighted by atomic mass is 10.0. The van der Waals surface area contributed by atoms with Gasteiger partial charge in [-0.2, -0.15) is 0 Å². The third-order valence-corrected chi connectivity index (χ3v) is 7.48. The Bertz CT molecular complexity index is 1210. The summed E-state index contributed by atoms with van der Waals surface area (Å²) in [5.74, 6) is 0.764. The normalized spacial score (nSPS) is 12.1. The van der Waals surface area contributed by atoms with Crippen LogP contribution in [0.3, 0.4) is 0 Å². The first-order chi connectivity index (χ1) is 16.6. The molecule has 0 bridgehead atoms. The fourth-order valence-corrected chi connectivity index (χ4v) is 5.01. The maximum absolute atomic E-state index is 12.8. The fourth-order valence-electron chi connectivity index (χ4n) is 3.56. The summed E-state index contributed by atoms with van der Waals surface area (Å²) in [6, 6.07) is 12.6. The SMILES string of the molecule is CC(C)c1cc(I)ccc1NC(=O)CSc1nnc([C@@H](NC(=O)c2ccccc2Cl)C(C)C)n1C. The first-order valence-corrected chi connectivity index (χ1v) is 13.7. The summed E-state index contributed by atoms with van der Waals surface area (Å²) in [5, 5.41) is 15.6. The van der Waals surface area contributed by atoms with E-state index in [1.807, 2.05) is 37.6 Å². The molecule has 186 valence electrons. The Kier molecular flexibility index (Phi) is 9.60. The van der Waals surface area contributed by atoms with Crippen molar-refractivity contribution in [2.45, 2.75) is 44.8 Å². The predicted molar refractivity (Wildman–Crippen MR) is 150 cm³/mol. The molecule has 2 aromatic carbocycles. The molecule has 7 nitrogen and oxygen atoms in total. The van der Waals surface area contributed by atoms with Gasteiger partial charge in [0.2, 0.25) is 5.91 Å². The molecule has 0 spiro atoms. The number of nitrogens with one attached hydrogen (secondary N) is 2. The number of aromatic nitrogens is 3. The Morgan fingerprint density at radius 1 is 1.11 bits per heavy atom. The number of amides is 2. The first kappa shape index (κ1) is 27.5. The van der Waals surface area contributed by atoms with Crippen molar-refractivity contribution in [1.82, 2.24) is 20.1 Å². The highest BCUT2D eigenvalue weighted by molar-refractivity contribution is 14.1. The molecule has 2 N–H and O–H groups in total. The number of halogens is 2. The monoisotopic (exact) mass is 625 g/mol. The molecule has 3 rings (SSSR count). The van der Waals surface area contributed by atoms with Gasteiger partial charge in [0.05, 0.1) is 22.4 Å². The molecule has 0 saturated carbocycles. The van der Waals surface area contributed by atoms with Gasteiger partial charge in [0.15, 0.2) is 11.0 Å². The van der Waals surface area contributed by atoms with Crippen molar-refractivity contribution in [2.75, 3.05) is 11.1 Å². The maximum Gasteiger partial charge on any atom is 0.253 e. The molecule has 2 amide bonds. The van der Waals surface area contributed by atoms with Crippen LogP contribution in [0.1, 0.15) is 61.4 Å². The van der Waals surface area contributed by atoms with Crippen LogP contribution in [0.5, 0.6) is 0 Å². The van der Waals surface area contributed by atoms with Gasteiger partial charge in [0, 0.05) is 16.3 Å². The van der Waals surface area contributed by atoms with Crippen LogP contribution in [0.4, 0.5) is 5.69 Å². The molecular formula is C25H29ClIN5O2S. The van der Waals surface area contributed by atoms with Crippen LogP contribution in [0.2, 0.25) is 5.02 Å². The molecule has 0 saturated heterocycles. The van der Waals surface area contributed by atoms with Crippen LogP contribution < -0.4 is 10.6 Å². The Morgan fingerprint density at radius 2 is 1.83 bits per heavy atom. The summed E-state index contributed by atoms with van der Waals surface area (Å²) in [4.78, 5) is 25.5. The number of rotatable bonds is 9. The van der Waals surface area contributed by atoms with Gasteiger partial charge in [-0.15, -0.1) is 10.2 Å². The third-order valence-electron chi connectivity index (χ3n) is 5.46. The Hall–Kier alpha value is -2.11. The molecule has 0 radical (unpaired) electrons. The zero-order valence-corrected chi connectivity index (χ0v) is 24.0. The van der Waals surface area contributed by atoms with E-state index in [1.54, 1.807) is 24.3 Å². The van der Waals surface area contributed by atoms with Gasteiger partial charge < -0.3 is 15.2 Å². The van der Waals surface area contributed by atoms with E-state index in [-0.39, 0.29) is 29.5 Å². The van der Waals surface area contributed by atoms with Gasteiger partial charge in [0.25, 0.3) is 5.91 Å². The first-order valence-electron chi connectivity index (χ1n) is 11.2. The number of anilines is 1. The second-order valence-corrected chi connectivity index (χ2v) is 11.4. The van der Waals surface area contributed by atoms with Crippen LogP contribution >= 0.6 is 46.0 Å². The topological polar surface area (TPSA) is 88.9 Å². The standard InChI is InChI=1S/C25H29ClIN5O2S/c1-14(2)18-12-16(27)10-11-20(18)28-21(33)13-35-25-31-30-23(32(25)5)22(15(3)4)29-24(34)17-8-6-7-9-19(17)26/h6-12,14-15,22H,13H2,1-5H3,(H,28,33)(H,29,34)/t22-/m0/s1. The molecule has 1 aromatic heterocycles. The Morgan fingerprint density at radius 3 is 2.49 bits per heavy atom. The van der Waals surface area contributed by atoms with E-state index < -0.39 is 0 Å². The van der Waals surface area contributed by atoms with Gasteiger partial charge in [-0.05, 0) is 70.3 Å². The van der Waals surface area contributed by atoms with Crippen LogP contribution in [-0.4, -0.2) is 32.3 Å². The summed E-state index contributed by atoms with van der Waals surface area (Å²) >= 11 is 9.77. The van der Waals surface area contributed by atoms with E-state index in [1.165, 1.54) is 11.8 Å². The fraction of sp³-hybridized carbons (Fsp3) is 0.360. The van der Waals surface area contributed by atoms with Crippen molar-refractivity contribution in [2.24, 2.45) is 13.0 Å². The number of thioether (sulfide) groups is 1. The summed E-state index contributed by atoms with van der Waals surface area (Å²) in [7, 11) is 1.84. The number of carbonyl (C=O) groups excluding carboxylic acids is 2. The van der Waals surface area contributed by atoms with Gasteiger partial charge in [-0.1, -0.05) is 63.2 Å². The third kappa shape index (κ3) is 6.98. The van der Waals surface area contributed by atoms with E-state index in [0.29, 0.717) is 27.5 Å². The molecule has 1 heterocycles. The molecule has 3 aromatic rings. The van der Waals surface area contributed by atoms with Gasteiger partial charge in [-0.25, -0.2) is 0 Å². The smallest absolute Gasteiger partial charge is 0.253 e. The summed E-state index contributed by atoms with van der Waals surface area (Å²) in [6.45, 7) is 8.21. The number of nitrogens with zero attached hydrogens (tertiary/aromatic N) is 3. The van der Waals surface area contributed by atoms with Crippen molar-refractivity contribution in [3.05, 3.63) is 68.0 Å². The van der Waals surface area contributed by atoms with Crippen molar-refractivity contribution >= 4 is 63.5 Å². The number of hydrogen-bond acceptors (Lipinski definition) is 5. The molecule has 0 aliphatic heterocycles. The van der Waals surface area contributed by atoms with E-state index in [0.717, 1.165) is 14.8 Å². The zero-order valence-electron chi connectivity index (χ0n) is 20.3. The Labute approximate surface area is 228 Å². The molecule has 1 atom stereocenters. The maximum atomic E-state index is 12.8. The van der Waals surface area contributed by atoms with E-state index in [4.69, 9.17) is 11.6 Å². The molecule has 0 unspecified atom stereocenters. The van der Waals surface area contributed by atoms with Crippen LogP contribution in [0.15, 0.2) is 47.6 Å². The molecule has 10 heteroatoms. The highest BCUT2D eigenvalue weighted by atomic mass is 127. The predicted octanol–water partition coefficient (Wildman–Crippen LogP) is 6.05. The largest absolute Gasteiger partial charge is 0.342 e. The lowest BCUT2D eigenvalue weighted by Gasteiger charge is -2.22. The second-order valence-electron chi connectivity index (χ2n) is 8.80. The van der Waals surface area contributed by atoms with Gasteiger partial charge in [0.1, 0.15) is 0 Å². The van der Waals surface area contributed by atoms with Crippen LogP contribution in [0.25, 0.3) is 0 Å². The van der Waals surface area contributed by atoms with Gasteiger partial charge >= 0.3 is 0 Å². The molecule has 35 heavy (non-hydrogen) atoms. The molecular weight excluding hydrogens is 597 g/mol. The summed E-state index contributed by atoms with van der Waals surface area (Å²) in [6.07, 6.45) is 0. The average Bonchev–Trinajstić information content (AvgIpc) is 3.16. The summed E-state index contributed by atoms with van der Waals surface area (Å²) < 4.78 is 2.95. The summed E-state index contributed by atoms with van der Waals surface area (Å²) in [5.41, 5.74) is 2.33. The minimum atomic E-state index is -0.375. The van der Waals surface area contributed by atoms with Crippen molar-refractivity contribution in [3.8, 4) is 0 Å². The number of benzene rings is 2. The number of carbonyl (C=O) groups is 2. The molecule has 0 aliphatic rings. The van der Waals surface area contributed by atoms with Crippen LogP contribution in [0, 0.1) is 9.49 Å². The zero-order chi connectivity index (χ0) is 25.7. The average molecular weight is 626 g/mol. The Balaban J connectivity index is 1.69. The number of hydrogen-bond donors (Lipinski definition) is 2. The van der Waals surface area contributed by atoms with Crippen molar-refractivity contribution in [1.29, 1.82) is 0 Å². The molecule has 0 aliphatic carbocycles. The lowest BCUT2D eigenvalue weighted by molar-refractivity contribution is -0.113. The minimum Gasteiger partial charge on any atom is -0.342 e. The van der Waals surface area contributed by atoms with Crippen molar-refractivity contribution < 1.29 is 9.59 Å². The quantitative estimate of drug-likeness (QED) is 0.223. The van der Waals surface area contributed by atoms with E-state index in [9.17, 15) is 9.59 Å². The lowest BCUT2D eigenvalue weighted by Crippen LogP contribution is -2.33. The highest BCUT2D eigenvalue weighted by Crippen LogP contribution is 2.28. The highest BCUT2D eigenvalue weighted by Gasteiger charge is 2.26. The van der Waals surface area contributed by atoms with E-state index >= 15 is 0 Å². The minimum absolute atomic E-state index is 0.0563. The van der Waals surface area contributed by atoms with Crippen molar-refractivity contribution in [3.63, 3.8) is 0 Å². The van der Waals surface area contributed by atoms with E-state index in [2.05, 4.69) is 63.3 Å². The second kappa shape index (κ2) is 12.2. The van der Waals surface area contributed by atoms with Gasteiger partial charge in [-0.3, -0.25) is 9.59 Å². The molecule has 0 fully saturated rings.